The van der Waals surface area contributed by atoms with E-state index in [1.165, 1.54) is 18.2 Å². The number of carbonyl (C=O) groups is 2. The monoisotopic (exact) mass is 236 g/mol. The van der Waals surface area contributed by atoms with Gasteiger partial charge >= 0.3 is 6.09 Å². The minimum absolute atomic E-state index is 0.00133. The second-order valence-electron chi connectivity index (χ2n) is 4.50. The highest BCUT2D eigenvalue weighted by molar-refractivity contribution is 5.90. The van der Waals surface area contributed by atoms with Crippen molar-refractivity contribution in [2.45, 2.75) is 26.4 Å². The van der Waals surface area contributed by atoms with Gasteiger partial charge in [-0.3, -0.25) is 5.32 Å². The van der Waals surface area contributed by atoms with E-state index in [4.69, 9.17) is 4.74 Å². The molecule has 0 aliphatic rings. The van der Waals surface area contributed by atoms with Crippen LogP contribution in [0.4, 0.5) is 10.5 Å². The Balaban J connectivity index is 2.72. The topological polar surface area (TPSA) is 78.5 Å². The molecule has 0 atom stereocenters. The van der Waals surface area contributed by atoms with Crippen LogP contribution in [0.2, 0.25) is 0 Å². The fraction of sp³-hybridized carbons (Fsp3) is 0.333. The van der Waals surface area contributed by atoms with Crippen molar-refractivity contribution >= 4 is 17.7 Å². The first-order chi connectivity index (χ1) is 7.78. The van der Waals surface area contributed by atoms with E-state index < -0.39 is 17.7 Å². The average molecular weight is 236 g/mol. The SMILES string of the molecule is CC(C)(C)OC(=O)Nc1cccc(C(=O)[O-])c1. The van der Waals surface area contributed by atoms with Crippen molar-refractivity contribution in [3.8, 4) is 0 Å². The molecule has 1 aromatic carbocycles. The van der Waals surface area contributed by atoms with Crippen LogP contribution in [0.25, 0.3) is 0 Å². The first-order valence-electron chi connectivity index (χ1n) is 5.09. The summed E-state index contributed by atoms with van der Waals surface area (Å²) in [6.07, 6.45) is -0.631. The Morgan fingerprint density at radius 3 is 2.47 bits per heavy atom. The van der Waals surface area contributed by atoms with E-state index in [0.717, 1.165) is 0 Å². The number of hydrogen-bond acceptors (Lipinski definition) is 4. The van der Waals surface area contributed by atoms with E-state index in [0.29, 0.717) is 5.69 Å². The summed E-state index contributed by atoms with van der Waals surface area (Å²) in [6, 6.07) is 5.77. The highest BCUT2D eigenvalue weighted by Gasteiger charge is 2.16. The van der Waals surface area contributed by atoms with Crippen molar-refractivity contribution in [2.75, 3.05) is 5.32 Å². The zero-order valence-corrected chi connectivity index (χ0v) is 9.94. The zero-order chi connectivity index (χ0) is 13.1. The number of benzene rings is 1. The highest BCUT2D eigenvalue weighted by atomic mass is 16.6. The van der Waals surface area contributed by atoms with Crippen LogP contribution in [0.15, 0.2) is 24.3 Å². The Hall–Kier alpha value is -2.04. The largest absolute Gasteiger partial charge is 0.545 e. The number of carboxylic acids is 1. The predicted octanol–water partition coefficient (Wildman–Crippen LogP) is 1.40. The molecule has 0 aromatic heterocycles. The van der Waals surface area contributed by atoms with Crippen LogP contribution >= 0.6 is 0 Å². The molecule has 0 heterocycles. The molecule has 0 radical (unpaired) electrons. The minimum Gasteiger partial charge on any atom is -0.545 e. The van der Waals surface area contributed by atoms with Gasteiger partial charge in [0.05, 0.1) is 5.97 Å². The summed E-state index contributed by atoms with van der Waals surface area (Å²) >= 11 is 0. The van der Waals surface area contributed by atoms with Gasteiger partial charge in [0.2, 0.25) is 0 Å². The summed E-state index contributed by atoms with van der Waals surface area (Å²) in [7, 11) is 0. The summed E-state index contributed by atoms with van der Waals surface area (Å²) in [5.74, 6) is -1.29. The van der Waals surface area contributed by atoms with E-state index in [-0.39, 0.29) is 5.56 Å². The molecule has 0 fully saturated rings. The predicted molar refractivity (Wildman–Crippen MR) is 60.6 cm³/mol. The van der Waals surface area contributed by atoms with Crippen LogP contribution in [0.1, 0.15) is 31.1 Å². The van der Waals surface area contributed by atoms with Crippen LogP contribution in [-0.4, -0.2) is 17.7 Å². The quantitative estimate of drug-likeness (QED) is 0.841. The zero-order valence-electron chi connectivity index (χ0n) is 9.94. The molecule has 1 amide bonds. The van der Waals surface area contributed by atoms with Gasteiger partial charge in [-0.15, -0.1) is 0 Å². The fourth-order valence-corrected chi connectivity index (χ4v) is 1.15. The number of rotatable bonds is 2. The van der Waals surface area contributed by atoms with E-state index in [1.807, 2.05) is 0 Å². The number of carbonyl (C=O) groups excluding carboxylic acids is 2. The van der Waals surface area contributed by atoms with Gasteiger partial charge in [0.1, 0.15) is 5.60 Å². The van der Waals surface area contributed by atoms with E-state index in [1.54, 1.807) is 26.8 Å². The molecular weight excluding hydrogens is 222 g/mol. The second kappa shape index (κ2) is 4.86. The van der Waals surface area contributed by atoms with Gasteiger partial charge in [-0.25, -0.2) is 4.79 Å². The third kappa shape index (κ3) is 4.55. The fourth-order valence-electron chi connectivity index (χ4n) is 1.15. The summed E-state index contributed by atoms with van der Waals surface area (Å²) in [6.45, 7) is 5.22. The lowest BCUT2D eigenvalue weighted by molar-refractivity contribution is -0.255. The molecular formula is C12H14NO4-. The maximum Gasteiger partial charge on any atom is 0.412 e. The van der Waals surface area contributed by atoms with Crippen molar-refractivity contribution in [3.05, 3.63) is 29.8 Å². The molecule has 1 aromatic rings. The van der Waals surface area contributed by atoms with Crippen LogP contribution < -0.4 is 10.4 Å². The number of hydrogen-bond donors (Lipinski definition) is 1. The Morgan fingerprint density at radius 2 is 1.94 bits per heavy atom. The Kier molecular flexibility index (Phi) is 3.73. The van der Waals surface area contributed by atoms with Crippen molar-refractivity contribution < 1.29 is 19.4 Å². The standard InChI is InChI=1S/C12H15NO4/c1-12(2,3)17-11(16)13-9-6-4-5-8(7-9)10(14)15/h4-7H,1-3H3,(H,13,16)(H,14,15)/p-1. The molecule has 0 aliphatic carbocycles. The van der Waals surface area contributed by atoms with Crippen LogP contribution in [0.5, 0.6) is 0 Å². The van der Waals surface area contributed by atoms with Crippen molar-refractivity contribution in [2.24, 2.45) is 0 Å². The number of amides is 1. The minimum atomic E-state index is -1.29. The number of anilines is 1. The molecule has 0 bridgehead atoms. The lowest BCUT2D eigenvalue weighted by atomic mass is 10.2. The number of carboxylic acid groups (broad SMARTS) is 1. The maximum atomic E-state index is 11.4. The smallest absolute Gasteiger partial charge is 0.412 e. The molecule has 0 saturated carbocycles. The molecule has 0 spiro atoms. The second-order valence-corrected chi connectivity index (χ2v) is 4.50. The van der Waals surface area contributed by atoms with Crippen molar-refractivity contribution in [1.29, 1.82) is 0 Å². The Bertz CT molecular complexity index is 434. The van der Waals surface area contributed by atoms with Crippen molar-refractivity contribution in [1.82, 2.24) is 0 Å². The van der Waals surface area contributed by atoms with Gasteiger partial charge in [-0.2, -0.15) is 0 Å². The first-order valence-corrected chi connectivity index (χ1v) is 5.09. The molecule has 0 aliphatic heterocycles. The molecule has 92 valence electrons. The van der Waals surface area contributed by atoms with Crippen molar-refractivity contribution in [3.63, 3.8) is 0 Å². The molecule has 5 nitrogen and oxygen atoms in total. The lowest BCUT2D eigenvalue weighted by Gasteiger charge is -2.19. The van der Waals surface area contributed by atoms with Crippen LogP contribution in [0.3, 0.4) is 0 Å². The highest BCUT2D eigenvalue weighted by Crippen LogP contribution is 2.13. The van der Waals surface area contributed by atoms with E-state index in [9.17, 15) is 14.7 Å². The molecule has 1 N–H and O–H groups in total. The summed E-state index contributed by atoms with van der Waals surface area (Å²) in [5, 5.41) is 13.1. The van der Waals surface area contributed by atoms with Gasteiger partial charge in [0.25, 0.3) is 0 Å². The maximum absolute atomic E-state index is 11.4. The normalized spacial score (nSPS) is 10.8. The van der Waals surface area contributed by atoms with Crippen LogP contribution in [0, 0.1) is 0 Å². The van der Waals surface area contributed by atoms with Gasteiger partial charge in [-0.1, -0.05) is 12.1 Å². The lowest BCUT2D eigenvalue weighted by Crippen LogP contribution is -2.27. The third-order valence-electron chi connectivity index (χ3n) is 1.74. The van der Waals surface area contributed by atoms with Gasteiger partial charge < -0.3 is 14.6 Å². The third-order valence-corrected chi connectivity index (χ3v) is 1.74. The van der Waals surface area contributed by atoms with Gasteiger partial charge in [0, 0.05) is 5.69 Å². The molecule has 0 saturated heterocycles. The van der Waals surface area contributed by atoms with E-state index in [2.05, 4.69) is 5.32 Å². The average Bonchev–Trinajstić information content (AvgIpc) is 2.14. The molecule has 17 heavy (non-hydrogen) atoms. The molecule has 1 rings (SSSR count). The molecule has 0 unspecified atom stereocenters. The summed E-state index contributed by atoms with van der Waals surface area (Å²) in [4.78, 5) is 22.0. The van der Waals surface area contributed by atoms with Gasteiger partial charge in [0.15, 0.2) is 0 Å². The Morgan fingerprint density at radius 1 is 1.29 bits per heavy atom. The molecule has 5 heteroatoms. The number of aromatic carboxylic acids is 1. The number of ether oxygens (including phenoxy) is 1. The van der Waals surface area contributed by atoms with Gasteiger partial charge in [-0.05, 0) is 38.5 Å². The summed E-state index contributed by atoms with van der Waals surface area (Å²) < 4.78 is 5.03. The summed E-state index contributed by atoms with van der Waals surface area (Å²) in [5.41, 5.74) is -0.254. The first kappa shape index (κ1) is 13.0. The number of nitrogens with one attached hydrogen (secondary N) is 1. The van der Waals surface area contributed by atoms with E-state index >= 15 is 0 Å². The van der Waals surface area contributed by atoms with Crippen LogP contribution in [-0.2, 0) is 4.74 Å². The Labute approximate surface area is 99.4 Å².